The van der Waals surface area contributed by atoms with E-state index in [1.807, 2.05) is 38.1 Å². The minimum Gasteiger partial charge on any atom is -0.235 e. The summed E-state index contributed by atoms with van der Waals surface area (Å²) in [6.45, 7) is 3.88. The average Bonchev–Trinajstić information content (AvgIpc) is 2.59. The molecular weight excluding hydrogens is 337 g/mol. The SMILES string of the molecule is Cc1ccc(N(c2ccc(C)cc2)S(=O)(=O)c2ccc(F)cc2)cc1. The third kappa shape index (κ3) is 3.56. The highest BCUT2D eigenvalue weighted by molar-refractivity contribution is 7.93. The molecule has 0 aromatic heterocycles. The molecule has 0 bridgehead atoms. The molecule has 0 N–H and O–H groups in total. The van der Waals surface area contributed by atoms with Crippen molar-refractivity contribution in [3.8, 4) is 0 Å². The number of aryl methyl sites for hydroxylation is 2. The van der Waals surface area contributed by atoms with Crippen molar-refractivity contribution in [1.29, 1.82) is 0 Å². The molecule has 0 spiro atoms. The highest BCUT2D eigenvalue weighted by Gasteiger charge is 2.26. The summed E-state index contributed by atoms with van der Waals surface area (Å²) in [5.74, 6) is -0.476. The van der Waals surface area contributed by atoms with Crippen LogP contribution < -0.4 is 4.31 Å². The van der Waals surface area contributed by atoms with E-state index in [-0.39, 0.29) is 4.90 Å². The molecule has 0 amide bonds. The van der Waals surface area contributed by atoms with Crippen LogP contribution in [0.4, 0.5) is 15.8 Å². The fraction of sp³-hybridized carbons (Fsp3) is 0.100. The lowest BCUT2D eigenvalue weighted by atomic mass is 10.2. The summed E-state index contributed by atoms with van der Waals surface area (Å²) in [6.07, 6.45) is 0. The lowest BCUT2D eigenvalue weighted by Gasteiger charge is -2.25. The third-order valence-electron chi connectivity index (χ3n) is 3.89. The van der Waals surface area contributed by atoms with Gasteiger partial charge in [0.25, 0.3) is 10.0 Å². The second kappa shape index (κ2) is 6.69. The summed E-state index contributed by atoms with van der Waals surface area (Å²) < 4.78 is 40.9. The quantitative estimate of drug-likeness (QED) is 0.663. The molecule has 3 rings (SSSR count). The molecule has 5 heteroatoms. The number of halogens is 1. The van der Waals surface area contributed by atoms with E-state index >= 15 is 0 Å². The average molecular weight is 355 g/mol. The number of rotatable bonds is 4. The Labute approximate surface area is 147 Å². The maximum absolute atomic E-state index is 13.2. The Balaban J connectivity index is 2.17. The van der Waals surface area contributed by atoms with E-state index in [2.05, 4.69) is 0 Å². The normalized spacial score (nSPS) is 11.3. The molecule has 0 unspecified atom stereocenters. The lowest BCUT2D eigenvalue weighted by Crippen LogP contribution is -2.26. The van der Waals surface area contributed by atoms with Gasteiger partial charge in [-0.3, -0.25) is 0 Å². The van der Waals surface area contributed by atoms with E-state index in [1.54, 1.807) is 24.3 Å². The maximum Gasteiger partial charge on any atom is 0.268 e. The third-order valence-corrected chi connectivity index (χ3v) is 5.66. The minimum absolute atomic E-state index is 0.0371. The first kappa shape index (κ1) is 17.2. The molecular formula is C20H18FNO2S. The summed E-state index contributed by atoms with van der Waals surface area (Å²) in [7, 11) is -3.88. The molecule has 0 saturated heterocycles. The molecule has 3 nitrogen and oxygen atoms in total. The summed E-state index contributed by atoms with van der Waals surface area (Å²) in [6, 6.07) is 19.3. The van der Waals surface area contributed by atoms with E-state index in [0.717, 1.165) is 23.3 Å². The Morgan fingerprint density at radius 3 is 1.48 bits per heavy atom. The first-order valence-corrected chi connectivity index (χ1v) is 9.26. The molecule has 0 radical (unpaired) electrons. The van der Waals surface area contributed by atoms with Crippen molar-refractivity contribution in [3.63, 3.8) is 0 Å². The van der Waals surface area contributed by atoms with Gasteiger partial charge in [-0.05, 0) is 62.4 Å². The Morgan fingerprint density at radius 2 is 1.08 bits per heavy atom. The molecule has 0 heterocycles. The Kier molecular flexibility index (Phi) is 4.59. The molecule has 3 aromatic carbocycles. The zero-order valence-corrected chi connectivity index (χ0v) is 14.8. The first-order chi connectivity index (χ1) is 11.9. The lowest BCUT2D eigenvalue weighted by molar-refractivity contribution is 0.595. The predicted octanol–water partition coefficient (Wildman–Crippen LogP) is 4.97. The van der Waals surface area contributed by atoms with Crippen molar-refractivity contribution < 1.29 is 12.8 Å². The number of hydrogen-bond acceptors (Lipinski definition) is 2. The summed E-state index contributed by atoms with van der Waals surface area (Å²) in [4.78, 5) is 0.0371. The summed E-state index contributed by atoms with van der Waals surface area (Å²) >= 11 is 0. The fourth-order valence-corrected chi connectivity index (χ4v) is 3.99. The van der Waals surface area contributed by atoms with Gasteiger partial charge >= 0.3 is 0 Å². The smallest absolute Gasteiger partial charge is 0.235 e. The standard InChI is InChI=1S/C20H18FNO2S/c1-15-3-9-18(10-4-15)22(19-11-5-16(2)6-12-19)25(23,24)20-13-7-17(21)8-14-20/h3-14H,1-2H3. The highest BCUT2D eigenvalue weighted by Crippen LogP contribution is 2.32. The number of sulfonamides is 1. The van der Waals surface area contributed by atoms with Gasteiger partial charge in [-0.2, -0.15) is 0 Å². The van der Waals surface area contributed by atoms with Crippen LogP contribution in [0.25, 0.3) is 0 Å². The molecule has 0 aliphatic carbocycles. The van der Waals surface area contributed by atoms with Gasteiger partial charge in [0, 0.05) is 0 Å². The van der Waals surface area contributed by atoms with Crippen LogP contribution in [0.5, 0.6) is 0 Å². The summed E-state index contributed by atoms with van der Waals surface area (Å²) in [5.41, 5.74) is 3.12. The number of anilines is 2. The second-order valence-corrected chi connectivity index (χ2v) is 7.68. The van der Waals surface area contributed by atoms with Gasteiger partial charge in [-0.15, -0.1) is 0 Å². The van der Waals surface area contributed by atoms with E-state index in [9.17, 15) is 12.8 Å². The van der Waals surface area contributed by atoms with Gasteiger partial charge in [0.2, 0.25) is 0 Å². The largest absolute Gasteiger partial charge is 0.268 e. The van der Waals surface area contributed by atoms with Gasteiger partial charge in [0.05, 0.1) is 16.3 Å². The zero-order chi connectivity index (χ0) is 18.0. The van der Waals surface area contributed by atoms with Gasteiger partial charge < -0.3 is 0 Å². The van der Waals surface area contributed by atoms with E-state index in [0.29, 0.717) is 11.4 Å². The minimum atomic E-state index is -3.88. The second-order valence-electron chi connectivity index (χ2n) is 5.89. The van der Waals surface area contributed by atoms with Gasteiger partial charge in [0.15, 0.2) is 0 Å². The topological polar surface area (TPSA) is 37.4 Å². The number of benzene rings is 3. The van der Waals surface area contributed by atoms with Crippen molar-refractivity contribution >= 4 is 21.4 Å². The van der Waals surface area contributed by atoms with Crippen LogP contribution in [0.3, 0.4) is 0 Å². The Bertz CT molecular complexity index is 918. The molecule has 0 saturated carbocycles. The molecule has 0 aliphatic heterocycles. The van der Waals surface area contributed by atoms with Gasteiger partial charge in [0.1, 0.15) is 5.82 Å². The van der Waals surface area contributed by atoms with Crippen LogP contribution in [0.2, 0.25) is 0 Å². The monoisotopic (exact) mass is 355 g/mol. The van der Waals surface area contributed by atoms with E-state index < -0.39 is 15.8 Å². The van der Waals surface area contributed by atoms with Gasteiger partial charge in [-0.1, -0.05) is 35.4 Å². The highest BCUT2D eigenvalue weighted by atomic mass is 32.2. The molecule has 0 aliphatic rings. The Hall–Kier alpha value is -2.66. The number of nitrogens with zero attached hydrogens (tertiary/aromatic N) is 1. The van der Waals surface area contributed by atoms with Crippen molar-refractivity contribution in [3.05, 3.63) is 89.7 Å². The molecule has 25 heavy (non-hydrogen) atoms. The van der Waals surface area contributed by atoms with Crippen molar-refractivity contribution in [2.24, 2.45) is 0 Å². The fourth-order valence-electron chi connectivity index (χ4n) is 2.50. The van der Waals surface area contributed by atoms with Gasteiger partial charge in [-0.25, -0.2) is 17.1 Å². The van der Waals surface area contributed by atoms with Crippen LogP contribution in [0.15, 0.2) is 77.7 Å². The molecule has 128 valence electrons. The van der Waals surface area contributed by atoms with Crippen LogP contribution >= 0.6 is 0 Å². The Morgan fingerprint density at radius 1 is 0.680 bits per heavy atom. The predicted molar refractivity (Wildman–Crippen MR) is 98.1 cm³/mol. The van der Waals surface area contributed by atoms with E-state index in [4.69, 9.17) is 0 Å². The molecule has 0 atom stereocenters. The maximum atomic E-state index is 13.2. The first-order valence-electron chi connectivity index (χ1n) is 7.82. The van der Waals surface area contributed by atoms with Crippen LogP contribution in [0.1, 0.15) is 11.1 Å². The van der Waals surface area contributed by atoms with E-state index in [1.165, 1.54) is 16.4 Å². The molecule has 3 aromatic rings. The summed E-state index contributed by atoms with van der Waals surface area (Å²) in [5, 5.41) is 0. The molecule has 0 fully saturated rings. The van der Waals surface area contributed by atoms with Crippen LogP contribution in [-0.4, -0.2) is 8.42 Å². The zero-order valence-electron chi connectivity index (χ0n) is 14.0. The number of hydrogen-bond donors (Lipinski definition) is 0. The van der Waals surface area contributed by atoms with Crippen molar-refractivity contribution in [2.45, 2.75) is 18.7 Å². The van der Waals surface area contributed by atoms with Crippen molar-refractivity contribution in [2.75, 3.05) is 4.31 Å². The van der Waals surface area contributed by atoms with Crippen LogP contribution in [0, 0.1) is 19.7 Å². The van der Waals surface area contributed by atoms with Crippen molar-refractivity contribution in [1.82, 2.24) is 0 Å². The van der Waals surface area contributed by atoms with Crippen LogP contribution in [-0.2, 0) is 10.0 Å².